The molecular weight excluding hydrogens is 142 g/mol. The topological polar surface area (TPSA) is 67.2 Å². The van der Waals surface area contributed by atoms with Crippen molar-refractivity contribution in [3.63, 3.8) is 0 Å². The van der Waals surface area contributed by atoms with Gasteiger partial charge in [0, 0.05) is 12.6 Å². The largest absolute Gasteiger partial charge is 0.352 e. The van der Waals surface area contributed by atoms with Gasteiger partial charge in [-0.15, -0.1) is 0 Å². The molecule has 0 aromatic rings. The Balaban J connectivity index is 3.59. The van der Waals surface area contributed by atoms with Crippen molar-refractivity contribution >= 4 is 6.03 Å². The number of urea groups is 1. The molecule has 4 nitrogen and oxygen atoms in total. The fraction of sp³-hybridized carbons (Fsp3) is 0.857. The van der Waals surface area contributed by atoms with Gasteiger partial charge in [-0.25, -0.2) is 4.79 Å². The molecule has 0 aliphatic rings. The van der Waals surface area contributed by atoms with Gasteiger partial charge >= 0.3 is 6.03 Å². The summed E-state index contributed by atoms with van der Waals surface area (Å²) in [5.74, 6) is 0. The van der Waals surface area contributed by atoms with Gasteiger partial charge in [0.25, 0.3) is 0 Å². The van der Waals surface area contributed by atoms with Crippen molar-refractivity contribution in [3.05, 3.63) is 0 Å². The second-order valence-electron chi connectivity index (χ2n) is 2.55. The Bertz CT molecular complexity index is 110. The number of carbonyl (C=O) groups is 1. The minimum Gasteiger partial charge on any atom is -0.352 e. The van der Waals surface area contributed by atoms with Gasteiger partial charge in [-0.05, 0) is 13.5 Å². The summed E-state index contributed by atoms with van der Waals surface area (Å²) in [5.41, 5.74) is 4.98. The van der Waals surface area contributed by atoms with E-state index in [1.54, 1.807) is 0 Å². The zero-order chi connectivity index (χ0) is 8.69. The lowest BCUT2D eigenvalue weighted by Gasteiger charge is -2.15. The van der Waals surface area contributed by atoms with E-state index in [1.807, 2.05) is 7.05 Å². The van der Waals surface area contributed by atoms with Gasteiger partial charge in [-0.2, -0.15) is 0 Å². The van der Waals surface area contributed by atoms with Crippen LogP contribution < -0.4 is 16.4 Å². The normalized spacial score (nSPS) is 12.5. The van der Waals surface area contributed by atoms with Crippen molar-refractivity contribution in [2.45, 2.75) is 25.8 Å². The molecule has 1 unspecified atom stereocenters. The van der Waals surface area contributed by atoms with Crippen molar-refractivity contribution in [2.24, 2.45) is 5.73 Å². The SMILES string of the molecule is CCCC(CNC)NC(N)=O. The Morgan fingerprint density at radius 1 is 1.64 bits per heavy atom. The minimum atomic E-state index is -0.446. The molecule has 0 aliphatic heterocycles. The van der Waals surface area contributed by atoms with E-state index in [9.17, 15) is 4.79 Å². The van der Waals surface area contributed by atoms with Gasteiger partial charge in [0.1, 0.15) is 0 Å². The predicted octanol–water partition coefficient (Wildman–Crippen LogP) is 0.0428. The van der Waals surface area contributed by atoms with Crippen LogP contribution in [0.1, 0.15) is 19.8 Å². The van der Waals surface area contributed by atoms with E-state index in [-0.39, 0.29) is 6.04 Å². The van der Waals surface area contributed by atoms with Crippen LogP contribution in [-0.4, -0.2) is 25.7 Å². The molecule has 2 amide bonds. The highest BCUT2D eigenvalue weighted by Gasteiger charge is 2.06. The van der Waals surface area contributed by atoms with E-state index >= 15 is 0 Å². The third-order valence-corrected chi connectivity index (χ3v) is 1.43. The van der Waals surface area contributed by atoms with Gasteiger partial charge < -0.3 is 16.4 Å². The first-order valence-electron chi connectivity index (χ1n) is 3.91. The highest BCUT2D eigenvalue weighted by Crippen LogP contribution is 1.93. The molecule has 1 atom stereocenters. The standard InChI is InChI=1S/C7H17N3O/c1-3-4-6(5-9-2)10-7(8)11/h6,9H,3-5H2,1-2H3,(H3,8,10,11). The third-order valence-electron chi connectivity index (χ3n) is 1.43. The molecule has 0 aliphatic carbocycles. The maximum absolute atomic E-state index is 10.4. The second-order valence-corrected chi connectivity index (χ2v) is 2.55. The highest BCUT2D eigenvalue weighted by molar-refractivity contribution is 5.71. The van der Waals surface area contributed by atoms with Crippen molar-refractivity contribution in [1.29, 1.82) is 0 Å². The molecule has 66 valence electrons. The molecule has 0 spiro atoms. The lowest BCUT2D eigenvalue weighted by molar-refractivity contribution is 0.244. The molecule has 0 saturated heterocycles. The summed E-state index contributed by atoms with van der Waals surface area (Å²) >= 11 is 0. The van der Waals surface area contributed by atoms with Crippen LogP contribution in [0.5, 0.6) is 0 Å². The number of carbonyl (C=O) groups excluding carboxylic acids is 1. The lowest BCUT2D eigenvalue weighted by atomic mass is 10.2. The quantitative estimate of drug-likeness (QED) is 0.530. The van der Waals surface area contributed by atoms with Crippen LogP contribution >= 0.6 is 0 Å². The summed E-state index contributed by atoms with van der Waals surface area (Å²) in [6.45, 7) is 2.85. The number of likely N-dealkylation sites (N-methyl/N-ethyl adjacent to an activating group) is 1. The Morgan fingerprint density at radius 2 is 2.27 bits per heavy atom. The molecule has 0 rings (SSSR count). The predicted molar refractivity (Wildman–Crippen MR) is 45.3 cm³/mol. The van der Waals surface area contributed by atoms with Crippen LogP contribution in [0.15, 0.2) is 0 Å². The van der Waals surface area contributed by atoms with Crippen molar-refractivity contribution in [2.75, 3.05) is 13.6 Å². The molecular formula is C7H17N3O. The molecule has 4 heteroatoms. The van der Waals surface area contributed by atoms with Crippen molar-refractivity contribution < 1.29 is 4.79 Å². The number of amides is 2. The van der Waals surface area contributed by atoms with E-state index in [0.717, 1.165) is 19.4 Å². The summed E-state index contributed by atoms with van der Waals surface area (Å²) in [6.07, 6.45) is 2.01. The average Bonchev–Trinajstić information content (AvgIpc) is 1.87. The molecule has 4 N–H and O–H groups in total. The fourth-order valence-corrected chi connectivity index (χ4v) is 1.02. The maximum Gasteiger partial charge on any atom is 0.312 e. The number of nitrogens with two attached hydrogens (primary N) is 1. The highest BCUT2D eigenvalue weighted by atomic mass is 16.2. The second kappa shape index (κ2) is 5.97. The average molecular weight is 159 g/mol. The zero-order valence-corrected chi connectivity index (χ0v) is 7.18. The Hall–Kier alpha value is -0.770. The number of hydrogen-bond acceptors (Lipinski definition) is 2. The van der Waals surface area contributed by atoms with E-state index in [0.29, 0.717) is 0 Å². The Morgan fingerprint density at radius 3 is 2.64 bits per heavy atom. The number of nitrogens with one attached hydrogen (secondary N) is 2. The van der Waals surface area contributed by atoms with Gasteiger partial charge in [0.05, 0.1) is 0 Å². The number of primary amides is 1. The van der Waals surface area contributed by atoms with Crippen LogP contribution in [-0.2, 0) is 0 Å². The summed E-state index contributed by atoms with van der Waals surface area (Å²) in [7, 11) is 1.85. The van der Waals surface area contributed by atoms with Crippen LogP contribution in [0.3, 0.4) is 0 Å². The molecule has 11 heavy (non-hydrogen) atoms. The first-order chi connectivity index (χ1) is 5.20. The van der Waals surface area contributed by atoms with Crippen LogP contribution in [0.2, 0.25) is 0 Å². The summed E-state index contributed by atoms with van der Waals surface area (Å²) in [5, 5.41) is 5.65. The summed E-state index contributed by atoms with van der Waals surface area (Å²) in [4.78, 5) is 10.4. The lowest BCUT2D eigenvalue weighted by Crippen LogP contribution is -2.43. The summed E-state index contributed by atoms with van der Waals surface area (Å²) in [6, 6.07) is -0.277. The van der Waals surface area contributed by atoms with Crippen LogP contribution in [0.25, 0.3) is 0 Å². The summed E-state index contributed by atoms with van der Waals surface area (Å²) < 4.78 is 0. The first kappa shape index (κ1) is 10.2. The zero-order valence-electron chi connectivity index (χ0n) is 7.18. The van der Waals surface area contributed by atoms with Crippen molar-refractivity contribution in [1.82, 2.24) is 10.6 Å². The first-order valence-corrected chi connectivity index (χ1v) is 3.91. The molecule has 0 heterocycles. The molecule has 0 radical (unpaired) electrons. The Labute approximate surface area is 67.5 Å². The number of rotatable bonds is 5. The van der Waals surface area contributed by atoms with Crippen LogP contribution in [0, 0.1) is 0 Å². The maximum atomic E-state index is 10.4. The minimum absolute atomic E-state index is 0.169. The number of hydrogen-bond donors (Lipinski definition) is 3. The monoisotopic (exact) mass is 159 g/mol. The van der Waals surface area contributed by atoms with Gasteiger partial charge in [0.15, 0.2) is 0 Å². The van der Waals surface area contributed by atoms with Crippen molar-refractivity contribution in [3.8, 4) is 0 Å². The van der Waals surface area contributed by atoms with E-state index in [1.165, 1.54) is 0 Å². The van der Waals surface area contributed by atoms with Gasteiger partial charge in [-0.3, -0.25) is 0 Å². The third kappa shape index (κ3) is 5.66. The van der Waals surface area contributed by atoms with Gasteiger partial charge in [-0.1, -0.05) is 13.3 Å². The van der Waals surface area contributed by atoms with Crippen LogP contribution in [0.4, 0.5) is 4.79 Å². The molecule has 0 fully saturated rings. The van der Waals surface area contributed by atoms with E-state index < -0.39 is 6.03 Å². The molecule has 0 aromatic heterocycles. The fourth-order valence-electron chi connectivity index (χ4n) is 1.02. The molecule has 0 bridgehead atoms. The van der Waals surface area contributed by atoms with Gasteiger partial charge in [0.2, 0.25) is 0 Å². The smallest absolute Gasteiger partial charge is 0.312 e. The Kier molecular flexibility index (Phi) is 5.56. The molecule has 0 aromatic carbocycles. The molecule has 0 saturated carbocycles. The van der Waals surface area contributed by atoms with E-state index in [4.69, 9.17) is 5.73 Å². The van der Waals surface area contributed by atoms with E-state index in [2.05, 4.69) is 17.6 Å².